The van der Waals surface area contributed by atoms with Gasteiger partial charge in [-0.25, -0.2) is 0 Å². The average Bonchev–Trinajstić information content (AvgIpc) is 3.38. The van der Waals surface area contributed by atoms with Crippen molar-refractivity contribution in [3.05, 3.63) is 41.1 Å². The molecule has 0 saturated heterocycles. The number of nitriles is 1. The number of aliphatic hydroxyl groups excluding tert-OH is 1. The Bertz CT molecular complexity index is 837. The Morgan fingerprint density at radius 1 is 1.31 bits per heavy atom. The van der Waals surface area contributed by atoms with Crippen LogP contribution in [0.1, 0.15) is 80.0 Å². The Morgan fingerprint density at radius 2 is 1.96 bits per heavy atom. The molecule has 1 N–H and O–H groups in total. The lowest BCUT2D eigenvalue weighted by Crippen LogP contribution is -2.15. The Hall–Kier alpha value is -2.45. The molecule has 1 saturated carbocycles. The van der Waals surface area contributed by atoms with Gasteiger partial charge < -0.3 is 5.11 Å². The van der Waals surface area contributed by atoms with E-state index in [1.54, 1.807) is 19.1 Å². The summed E-state index contributed by atoms with van der Waals surface area (Å²) >= 11 is 0. The lowest BCUT2D eigenvalue weighted by atomic mass is 9.97. The first kappa shape index (κ1) is 18.3. The molecule has 1 aliphatic rings. The predicted octanol–water partition coefficient (Wildman–Crippen LogP) is 4.22. The number of hydrogen-bond donors (Lipinski definition) is 1. The van der Waals surface area contributed by atoms with E-state index in [-0.39, 0.29) is 11.8 Å². The monoisotopic (exact) mass is 351 g/mol. The van der Waals surface area contributed by atoms with Crippen LogP contribution in [-0.4, -0.2) is 26.8 Å². The number of carbonyl (C=O) groups excluding carboxylic acids is 1. The molecular weight excluding hydrogens is 326 g/mol. The number of nitrogens with zero attached hydrogens (tertiary/aromatic N) is 3. The van der Waals surface area contributed by atoms with Crippen LogP contribution in [-0.2, 0) is 0 Å². The van der Waals surface area contributed by atoms with Crippen molar-refractivity contribution in [2.24, 2.45) is 0 Å². The summed E-state index contributed by atoms with van der Waals surface area (Å²) in [5.41, 5.74) is 4.14. The third kappa shape index (κ3) is 3.71. The van der Waals surface area contributed by atoms with Gasteiger partial charge in [0, 0.05) is 23.6 Å². The number of aliphatic hydroxyl groups is 1. The first-order chi connectivity index (χ1) is 12.4. The van der Waals surface area contributed by atoms with E-state index in [1.807, 2.05) is 30.7 Å². The van der Waals surface area contributed by atoms with Crippen LogP contribution in [0.15, 0.2) is 24.3 Å². The summed E-state index contributed by atoms with van der Waals surface area (Å²) in [4.78, 5) is 13.0. The van der Waals surface area contributed by atoms with Crippen molar-refractivity contribution in [3.63, 3.8) is 0 Å². The zero-order valence-corrected chi connectivity index (χ0v) is 15.6. The van der Waals surface area contributed by atoms with E-state index in [9.17, 15) is 9.90 Å². The third-order valence-electron chi connectivity index (χ3n) is 4.76. The second-order valence-electron chi connectivity index (χ2n) is 7.42. The molecule has 1 aliphatic carbocycles. The van der Waals surface area contributed by atoms with Crippen LogP contribution in [0.5, 0.6) is 0 Å². The number of hydrogen-bond acceptors (Lipinski definition) is 4. The molecule has 3 rings (SSSR count). The van der Waals surface area contributed by atoms with E-state index in [1.165, 1.54) is 0 Å². The molecule has 0 spiro atoms. The zero-order chi connectivity index (χ0) is 18.8. The summed E-state index contributed by atoms with van der Waals surface area (Å²) < 4.78 is 1.84. The van der Waals surface area contributed by atoms with Crippen LogP contribution in [0.25, 0.3) is 11.3 Å². The van der Waals surface area contributed by atoms with Gasteiger partial charge in [0.1, 0.15) is 5.69 Å². The normalized spacial score (nSPS) is 15.1. The van der Waals surface area contributed by atoms with E-state index in [4.69, 9.17) is 10.4 Å². The number of benzene rings is 1. The fourth-order valence-corrected chi connectivity index (χ4v) is 3.23. The smallest absolute Gasteiger partial charge is 0.181 e. The van der Waals surface area contributed by atoms with Crippen LogP contribution in [0.2, 0.25) is 0 Å². The molecule has 136 valence electrons. The van der Waals surface area contributed by atoms with Crippen LogP contribution in [0.4, 0.5) is 0 Å². The molecule has 5 nitrogen and oxygen atoms in total. The fraction of sp³-hybridized carbons (Fsp3) is 0.476. The summed E-state index contributed by atoms with van der Waals surface area (Å²) in [5, 5.41) is 23.4. The quantitative estimate of drug-likeness (QED) is 0.757. The Balaban J connectivity index is 2.09. The minimum absolute atomic E-state index is 0.0499. The topological polar surface area (TPSA) is 78.9 Å². The number of ketones is 1. The highest BCUT2D eigenvalue weighted by molar-refractivity contribution is 5.98. The van der Waals surface area contributed by atoms with Gasteiger partial charge in [-0.05, 0) is 58.1 Å². The Kier molecular flexibility index (Phi) is 5.24. The predicted molar refractivity (Wildman–Crippen MR) is 100.0 cm³/mol. The van der Waals surface area contributed by atoms with Crippen LogP contribution in [0.3, 0.4) is 0 Å². The van der Waals surface area contributed by atoms with E-state index in [2.05, 4.69) is 6.07 Å². The third-order valence-corrected chi connectivity index (χ3v) is 4.76. The van der Waals surface area contributed by atoms with E-state index >= 15 is 0 Å². The number of Topliss-reactive ketones (excluding diaryl/α,β-unsaturated/α-hetero) is 1. The van der Waals surface area contributed by atoms with E-state index in [0.717, 1.165) is 29.7 Å². The molecule has 0 amide bonds. The highest BCUT2D eigenvalue weighted by Crippen LogP contribution is 2.46. The van der Waals surface area contributed by atoms with Gasteiger partial charge in [-0.2, -0.15) is 10.4 Å². The minimum atomic E-state index is -0.489. The maximum atomic E-state index is 13.0. The maximum absolute atomic E-state index is 13.0. The minimum Gasteiger partial charge on any atom is -0.393 e. The van der Waals surface area contributed by atoms with Crippen molar-refractivity contribution >= 4 is 5.78 Å². The standard InChI is InChI=1S/C21H25N3O2/c1-13(2)24-21(18(26)11-4-14(3)25)19(16-9-10-16)20(23-24)17-7-5-15(12-22)6-8-17/h5-8,13-14,16,25H,4,9-11H2,1-3H3/t14-/m0/s1. The Labute approximate surface area is 154 Å². The second-order valence-corrected chi connectivity index (χ2v) is 7.42. The van der Waals surface area contributed by atoms with Crippen molar-refractivity contribution in [1.29, 1.82) is 5.26 Å². The van der Waals surface area contributed by atoms with Gasteiger partial charge in [0.25, 0.3) is 0 Å². The number of rotatable bonds is 7. The molecule has 5 heteroatoms. The zero-order valence-electron chi connectivity index (χ0n) is 15.6. The van der Waals surface area contributed by atoms with Gasteiger partial charge in [0.2, 0.25) is 0 Å². The van der Waals surface area contributed by atoms with Gasteiger partial charge >= 0.3 is 0 Å². The SMILES string of the molecule is CC(C)n1nc(-c2ccc(C#N)cc2)c(C2CC2)c1C(=O)CC[C@H](C)O. The summed E-state index contributed by atoms with van der Waals surface area (Å²) in [6.45, 7) is 5.76. The largest absolute Gasteiger partial charge is 0.393 e. The number of aromatic nitrogens is 2. The molecule has 26 heavy (non-hydrogen) atoms. The average molecular weight is 351 g/mol. The van der Waals surface area contributed by atoms with Gasteiger partial charge in [-0.1, -0.05) is 12.1 Å². The van der Waals surface area contributed by atoms with Crippen LogP contribution >= 0.6 is 0 Å². The van der Waals surface area contributed by atoms with Crippen LogP contribution < -0.4 is 0 Å². The first-order valence-electron chi connectivity index (χ1n) is 9.26. The molecule has 0 bridgehead atoms. The lowest BCUT2D eigenvalue weighted by molar-refractivity contribution is 0.0936. The second kappa shape index (κ2) is 7.43. The molecule has 0 radical (unpaired) electrons. The van der Waals surface area contributed by atoms with Gasteiger partial charge in [0.05, 0.1) is 23.4 Å². The van der Waals surface area contributed by atoms with Crippen LogP contribution in [0, 0.1) is 11.3 Å². The maximum Gasteiger partial charge on any atom is 0.181 e. The molecule has 1 atom stereocenters. The molecule has 2 aromatic rings. The van der Waals surface area contributed by atoms with Gasteiger partial charge in [-0.15, -0.1) is 0 Å². The van der Waals surface area contributed by atoms with Crippen molar-refractivity contribution in [2.45, 2.75) is 64.5 Å². The molecular formula is C21H25N3O2. The highest BCUT2D eigenvalue weighted by atomic mass is 16.3. The summed E-state index contributed by atoms with van der Waals surface area (Å²) in [6.07, 6.45) is 2.44. The van der Waals surface area contributed by atoms with Crippen molar-refractivity contribution in [3.8, 4) is 17.3 Å². The van der Waals surface area contributed by atoms with Crippen molar-refractivity contribution < 1.29 is 9.90 Å². The lowest BCUT2D eigenvalue weighted by Gasteiger charge is -2.12. The van der Waals surface area contributed by atoms with E-state index < -0.39 is 6.10 Å². The summed E-state index contributed by atoms with van der Waals surface area (Å²) in [6, 6.07) is 9.59. The fourth-order valence-electron chi connectivity index (χ4n) is 3.23. The number of carbonyl (C=O) groups is 1. The first-order valence-corrected chi connectivity index (χ1v) is 9.26. The summed E-state index contributed by atoms with van der Waals surface area (Å²) in [7, 11) is 0. The van der Waals surface area contributed by atoms with Crippen molar-refractivity contribution in [2.75, 3.05) is 0 Å². The molecule has 1 aromatic carbocycles. The highest BCUT2D eigenvalue weighted by Gasteiger charge is 2.35. The molecule has 1 fully saturated rings. The van der Waals surface area contributed by atoms with Crippen molar-refractivity contribution in [1.82, 2.24) is 9.78 Å². The molecule has 0 unspecified atom stereocenters. The van der Waals surface area contributed by atoms with E-state index in [0.29, 0.717) is 30.0 Å². The van der Waals surface area contributed by atoms with Gasteiger partial charge in [-0.3, -0.25) is 9.48 Å². The molecule has 1 heterocycles. The Morgan fingerprint density at radius 3 is 2.46 bits per heavy atom. The molecule has 1 aromatic heterocycles. The summed E-state index contributed by atoms with van der Waals surface area (Å²) in [5.74, 6) is 0.424. The molecule has 0 aliphatic heterocycles. The van der Waals surface area contributed by atoms with Gasteiger partial charge in [0.15, 0.2) is 5.78 Å².